The Hall–Kier alpha value is -5.62. The first-order valence-corrected chi connectivity index (χ1v) is 16.8. The number of pyridine rings is 4. The number of hydrogen-bond donors (Lipinski definition) is 0. The fraction of sp³-hybridized carbons (Fsp3) is 0.0667. The van der Waals surface area contributed by atoms with Crippen molar-refractivity contribution in [1.82, 2.24) is 19.9 Å². The zero-order valence-corrected chi connectivity index (χ0v) is 31.0. The van der Waals surface area contributed by atoms with Crippen molar-refractivity contribution in [2.24, 2.45) is 0 Å². The summed E-state index contributed by atoms with van der Waals surface area (Å²) in [6, 6.07) is 54.7. The average Bonchev–Trinajstić information content (AvgIpc) is 4.05. The topological polar surface area (TPSA) is 85.7 Å². The molecule has 0 aliphatic carbocycles. The molecule has 0 N–H and O–H groups in total. The molecule has 8 rings (SSSR count). The Morgan fingerprint density at radius 3 is 1.40 bits per heavy atom. The van der Waals surface area contributed by atoms with Gasteiger partial charge in [-0.3, -0.25) is 15.0 Å². The average molecular weight is 776 g/mol. The molecular formula is C45H36Fe2N4O2-8. The molecule has 0 saturated carbocycles. The second-order valence-corrected chi connectivity index (χ2v) is 11.6. The van der Waals surface area contributed by atoms with Crippen molar-refractivity contribution >= 4 is 11.6 Å². The maximum atomic E-state index is 11.7. The standard InChI is InChI=1S/2C15H11N2.C15H14O2.2Fe/c2*1-2-7-12(6-1)13-9-5-10-15(17-13)14-8-3-4-11-16-14;16-14(12-6-1-2-7-12)10-5-11-15(17)13-8-3-4-9-13;;/h2*1-11H;1-4,6-9H,5,10-11H2;;/q-5;-1;-2;;. The van der Waals surface area contributed by atoms with Gasteiger partial charge in [0.2, 0.25) is 0 Å². The van der Waals surface area contributed by atoms with Crippen molar-refractivity contribution in [2.75, 3.05) is 0 Å². The third-order valence-electron chi connectivity index (χ3n) is 8.05. The molecule has 0 spiro atoms. The summed E-state index contributed by atoms with van der Waals surface area (Å²) in [6.45, 7) is 0. The molecule has 0 bridgehead atoms. The zero-order valence-electron chi connectivity index (χ0n) is 28.8. The molecule has 4 aromatic heterocycles. The molecule has 8 aromatic rings. The van der Waals surface area contributed by atoms with Crippen molar-refractivity contribution in [3.8, 4) is 45.3 Å². The van der Waals surface area contributed by atoms with Gasteiger partial charge in [-0.05, 0) is 55.3 Å². The molecule has 4 heterocycles. The van der Waals surface area contributed by atoms with E-state index in [2.05, 4.69) is 44.2 Å². The van der Waals surface area contributed by atoms with Gasteiger partial charge in [-0.2, -0.15) is 36.4 Å². The van der Waals surface area contributed by atoms with E-state index in [1.54, 1.807) is 36.7 Å². The van der Waals surface area contributed by atoms with Gasteiger partial charge in [0.1, 0.15) is 11.6 Å². The minimum absolute atomic E-state index is 0. The van der Waals surface area contributed by atoms with Crippen LogP contribution in [0.5, 0.6) is 0 Å². The van der Waals surface area contributed by atoms with E-state index >= 15 is 0 Å². The summed E-state index contributed by atoms with van der Waals surface area (Å²) in [4.78, 5) is 41.2. The fourth-order valence-corrected chi connectivity index (χ4v) is 5.41. The van der Waals surface area contributed by atoms with Crippen LogP contribution in [0.2, 0.25) is 0 Å². The molecular weight excluding hydrogens is 740 g/mol. The number of rotatable bonds is 10. The van der Waals surface area contributed by atoms with Crippen LogP contribution in [0.4, 0.5) is 0 Å². The summed E-state index contributed by atoms with van der Waals surface area (Å²) >= 11 is 0. The number of carbonyl (C=O) groups is 2. The number of aromatic nitrogens is 4. The second kappa shape index (κ2) is 21.0. The zero-order chi connectivity index (χ0) is 35.1. The van der Waals surface area contributed by atoms with Gasteiger partial charge < -0.3 is 56.2 Å². The molecule has 0 amide bonds. The Bertz CT molecular complexity index is 2040. The molecule has 0 radical (unpaired) electrons. The Labute approximate surface area is 331 Å². The van der Waals surface area contributed by atoms with Crippen LogP contribution in [0.25, 0.3) is 45.3 Å². The van der Waals surface area contributed by atoms with E-state index < -0.39 is 0 Å². The maximum absolute atomic E-state index is 11.7. The smallest absolute Gasteiger partial charge is 0.108 e. The number of Topliss-reactive ketones (excluding diaryl/α,β-unsaturated/α-hetero) is 2. The van der Waals surface area contributed by atoms with Crippen LogP contribution in [0.3, 0.4) is 0 Å². The van der Waals surface area contributed by atoms with Crippen LogP contribution < -0.4 is 0 Å². The molecule has 0 unspecified atom stereocenters. The second-order valence-electron chi connectivity index (χ2n) is 11.6. The van der Waals surface area contributed by atoms with Gasteiger partial charge in [-0.1, -0.05) is 41.0 Å². The van der Waals surface area contributed by atoms with Crippen molar-refractivity contribution in [3.63, 3.8) is 0 Å². The predicted molar refractivity (Wildman–Crippen MR) is 204 cm³/mol. The van der Waals surface area contributed by atoms with Crippen molar-refractivity contribution in [2.45, 2.75) is 19.3 Å². The van der Waals surface area contributed by atoms with Gasteiger partial charge in [0.05, 0.1) is 22.8 Å². The minimum atomic E-state index is 0. The van der Waals surface area contributed by atoms with Crippen molar-refractivity contribution in [3.05, 3.63) is 193 Å². The maximum Gasteiger partial charge on any atom is 0.108 e. The van der Waals surface area contributed by atoms with E-state index in [-0.39, 0.29) is 45.7 Å². The first-order valence-electron chi connectivity index (χ1n) is 16.8. The Kier molecular flexibility index (Phi) is 15.9. The summed E-state index contributed by atoms with van der Waals surface area (Å²) in [6.07, 6.45) is 5.07. The molecule has 6 nitrogen and oxygen atoms in total. The molecule has 0 fully saturated rings. The summed E-state index contributed by atoms with van der Waals surface area (Å²) in [5.74, 6) is 0.232. The molecule has 4 aromatic carbocycles. The molecule has 0 saturated heterocycles. The summed E-state index contributed by atoms with van der Waals surface area (Å²) in [5, 5.41) is 0. The van der Waals surface area contributed by atoms with Crippen LogP contribution in [-0.2, 0) is 34.1 Å². The third kappa shape index (κ3) is 11.7. The van der Waals surface area contributed by atoms with Crippen LogP contribution in [0.15, 0.2) is 182 Å². The normalized spacial score (nSPS) is 9.96. The van der Waals surface area contributed by atoms with Crippen LogP contribution in [0.1, 0.15) is 40.0 Å². The van der Waals surface area contributed by atoms with E-state index in [9.17, 15) is 9.59 Å². The molecule has 0 atom stereocenters. The largest absolute Gasteiger partial charge is 0.664 e. The van der Waals surface area contributed by atoms with E-state index in [1.165, 1.54) is 0 Å². The number of hydrogen-bond acceptors (Lipinski definition) is 6. The summed E-state index contributed by atoms with van der Waals surface area (Å²) in [7, 11) is 0. The van der Waals surface area contributed by atoms with E-state index in [1.807, 2.05) is 121 Å². The Morgan fingerprint density at radius 2 is 0.925 bits per heavy atom. The number of nitrogens with zero attached hydrogens (tertiary/aromatic N) is 4. The minimum Gasteiger partial charge on any atom is -0.664 e. The van der Waals surface area contributed by atoms with Crippen LogP contribution in [-0.4, -0.2) is 31.5 Å². The van der Waals surface area contributed by atoms with Gasteiger partial charge >= 0.3 is 0 Å². The Balaban J connectivity index is 0.000000174. The molecule has 53 heavy (non-hydrogen) atoms. The van der Waals surface area contributed by atoms with Crippen molar-refractivity contribution in [1.29, 1.82) is 0 Å². The van der Waals surface area contributed by atoms with Gasteiger partial charge in [0, 0.05) is 46.5 Å². The van der Waals surface area contributed by atoms with E-state index in [0.29, 0.717) is 19.3 Å². The molecule has 8 heteroatoms. The third-order valence-corrected chi connectivity index (χ3v) is 8.05. The van der Waals surface area contributed by atoms with Gasteiger partial charge in [0.25, 0.3) is 0 Å². The Morgan fingerprint density at radius 1 is 0.491 bits per heavy atom. The number of ketones is 2. The first kappa shape index (κ1) is 40.2. The van der Waals surface area contributed by atoms with E-state index in [0.717, 1.165) is 56.4 Å². The SMILES string of the molecule is O=C(CCCC(=O)[c-]1cccc1)[c-]1cccc1.[Fe].[Fe].c1ccc(-c2cccc(-[c-]3[cH-][cH-][cH-][cH-]3)n2)nc1.c1ccc(-c2cccc(-[c-]3cccc3)n2)nc1. The number of carbonyl (C=O) groups excluding carboxylic acids is 2. The summed E-state index contributed by atoms with van der Waals surface area (Å²) < 4.78 is 0. The molecule has 272 valence electrons. The monoisotopic (exact) mass is 776 g/mol. The van der Waals surface area contributed by atoms with Crippen molar-refractivity contribution < 1.29 is 43.7 Å². The van der Waals surface area contributed by atoms with Gasteiger partial charge in [-0.25, -0.2) is 30.3 Å². The van der Waals surface area contributed by atoms with Crippen LogP contribution in [0, 0.1) is 0 Å². The van der Waals surface area contributed by atoms with Gasteiger partial charge in [-0.15, -0.1) is 18.2 Å². The predicted octanol–water partition coefficient (Wildman–Crippen LogP) is 10.4. The van der Waals surface area contributed by atoms with Gasteiger partial charge in [0.15, 0.2) is 0 Å². The first-order chi connectivity index (χ1) is 25.1. The summed E-state index contributed by atoms with van der Waals surface area (Å²) in [5.41, 5.74) is 9.36. The molecule has 0 aliphatic heterocycles. The van der Waals surface area contributed by atoms with E-state index in [4.69, 9.17) is 0 Å². The fourth-order valence-electron chi connectivity index (χ4n) is 5.41. The molecule has 0 aliphatic rings. The van der Waals surface area contributed by atoms with Crippen LogP contribution >= 0.6 is 0 Å². The quantitative estimate of drug-likeness (QED) is 0.0781.